The van der Waals surface area contributed by atoms with Gasteiger partial charge in [0.2, 0.25) is 5.91 Å². The maximum absolute atomic E-state index is 12.1. The molecule has 8 heteroatoms. The summed E-state index contributed by atoms with van der Waals surface area (Å²) < 4.78 is 4.92. The van der Waals surface area contributed by atoms with Crippen molar-refractivity contribution in [3.05, 3.63) is 47.9 Å². The first-order chi connectivity index (χ1) is 11.0. The van der Waals surface area contributed by atoms with E-state index in [0.717, 1.165) is 4.90 Å². The SMILES string of the molecule is C[C@@H]1Sc2ccc(C(=O)NNC(=O)c3ccco3)cc2NC1=O. The highest BCUT2D eigenvalue weighted by Gasteiger charge is 2.23. The van der Waals surface area contributed by atoms with Gasteiger partial charge in [-0.25, -0.2) is 0 Å². The Morgan fingerprint density at radius 3 is 2.74 bits per heavy atom. The number of anilines is 1. The Balaban J connectivity index is 1.67. The summed E-state index contributed by atoms with van der Waals surface area (Å²) in [6.07, 6.45) is 1.36. The maximum atomic E-state index is 12.1. The van der Waals surface area contributed by atoms with Crippen LogP contribution in [0.5, 0.6) is 0 Å². The van der Waals surface area contributed by atoms with E-state index in [1.807, 2.05) is 6.92 Å². The number of hydrazine groups is 1. The topological polar surface area (TPSA) is 100 Å². The molecule has 23 heavy (non-hydrogen) atoms. The summed E-state index contributed by atoms with van der Waals surface area (Å²) in [5.74, 6) is -1.07. The average molecular weight is 331 g/mol. The fourth-order valence-electron chi connectivity index (χ4n) is 2.01. The van der Waals surface area contributed by atoms with Gasteiger partial charge in [0, 0.05) is 10.5 Å². The third-order valence-electron chi connectivity index (χ3n) is 3.21. The monoisotopic (exact) mass is 331 g/mol. The van der Waals surface area contributed by atoms with Crippen molar-refractivity contribution in [3.63, 3.8) is 0 Å². The Kier molecular flexibility index (Phi) is 4.07. The van der Waals surface area contributed by atoms with E-state index in [4.69, 9.17) is 4.42 Å². The molecule has 3 N–H and O–H groups in total. The minimum atomic E-state index is -0.556. The summed E-state index contributed by atoms with van der Waals surface area (Å²) in [5.41, 5.74) is 5.45. The molecule has 0 radical (unpaired) electrons. The Morgan fingerprint density at radius 2 is 2.00 bits per heavy atom. The standard InChI is InChI=1S/C15H13N3O4S/c1-8-13(19)16-10-7-9(4-5-12(10)23-8)14(20)17-18-15(21)11-3-2-6-22-11/h2-8H,1H3,(H,16,19)(H,17,20)(H,18,21)/t8-/m0/s1. The Labute approximate surface area is 135 Å². The molecule has 0 aliphatic carbocycles. The lowest BCUT2D eigenvalue weighted by Crippen LogP contribution is -2.41. The number of fused-ring (bicyclic) bond motifs is 1. The average Bonchev–Trinajstić information content (AvgIpc) is 3.07. The van der Waals surface area contributed by atoms with Gasteiger partial charge >= 0.3 is 5.91 Å². The predicted molar refractivity (Wildman–Crippen MR) is 84.0 cm³/mol. The molecule has 0 fully saturated rings. The molecular weight excluding hydrogens is 318 g/mol. The summed E-state index contributed by atoms with van der Waals surface area (Å²) in [5, 5.41) is 2.58. The second-order valence-corrected chi connectivity index (χ2v) is 6.23. The van der Waals surface area contributed by atoms with E-state index in [-0.39, 0.29) is 16.9 Å². The van der Waals surface area contributed by atoms with E-state index in [0.29, 0.717) is 11.3 Å². The normalized spacial score (nSPS) is 16.2. The van der Waals surface area contributed by atoms with Crippen LogP contribution in [0.3, 0.4) is 0 Å². The fraction of sp³-hybridized carbons (Fsp3) is 0.133. The van der Waals surface area contributed by atoms with Crippen LogP contribution in [0.15, 0.2) is 45.9 Å². The molecule has 1 atom stereocenters. The lowest BCUT2D eigenvalue weighted by molar-refractivity contribution is -0.115. The molecule has 1 aromatic heterocycles. The van der Waals surface area contributed by atoms with Crippen LogP contribution in [0.1, 0.15) is 27.8 Å². The molecule has 0 unspecified atom stereocenters. The molecule has 1 aliphatic rings. The fourth-order valence-corrected chi connectivity index (χ4v) is 2.94. The van der Waals surface area contributed by atoms with Crippen molar-refractivity contribution in [1.82, 2.24) is 10.9 Å². The Hall–Kier alpha value is -2.74. The van der Waals surface area contributed by atoms with Crippen LogP contribution >= 0.6 is 11.8 Å². The smallest absolute Gasteiger partial charge is 0.305 e. The second kappa shape index (κ2) is 6.17. The van der Waals surface area contributed by atoms with Crippen molar-refractivity contribution in [2.24, 2.45) is 0 Å². The third kappa shape index (κ3) is 3.21. The first-order valence-corrected chi connectivity index (χ1v) is 7.68. The summed E-state index contributed by atoms with van der Waals surface area (Å²) in [6.45, 7) is 1.81. The molecule has 1 aliphatic heterocycles. The van der Waals surface area contributed by atoms with Gasteiger partial charge in [-0.3, -0.25) is 25.2 Å². The number of furan rings is 1. The number of hydrogen-bond donors (Lipinski definition) is 3. The molecule has 7 nitrogen and oxygen atoms in total. The molecule has 3 rings (SSSR count). The Bertz CT molecular complexity index is 773. The molecule has 0 saturated heterocycles. The van der Waals surface area contributed by atoms with Crippen LogP contribution < -0.4 is 16.2 Å². The van der Waals surface area contributed by atoms with Gasteiger partial charge in [-0.05, 0) is 37.3 Å². The summed E-state index contributed by atoms with van der Waals surface area (Å²) in [7, 11) is 0. The van der Waals surface area contributed by atoms with Crippen LogP contribution in [0, 0.1) is 0 Å². The van der Waals surface area contributed by atoms with Gasteiger partial charge in [0.25, 0.3) is 5.91 Å². The van der Waals surface area contributed by atoms with Crippen molar-refractivity contribution < 1.29 is 18.8 Å². The van der Waals surface area contributed by atoms with Crippen LogP contribution in [0.25, 0.3) is 0 Å². The number of benzene rings is 1. The van der Waals surface area contributed by atoms with Crippen molar-refractivity contribution in [2.75, 3.05) is 5.32 Å². The van der Waals surface area contributed by atoms with E-state index in [1.165, 1.54) is 24.1 Å². The zero-order valence-corrected chi connectivity index (χ0v) is 12.9. The second-order valence-electron chi connectivity index (χ2n) is 4.85. The zero-order valence-electron chi connectivity index (χ0n) is 12.1. The minimum Gasteiger partial charge on any atom is -0.459 e. The van der Waals surface area contributed by atoms with Crippen molar-refractivity contribution in [1.29, 1.82) is 0 Å². The molecule has 0 bridgehead atoms. The van der Waals surface area contributed by atoms with Gasteiger partial charge in [0.05, 0.1) is 17.2 Å². The number of amides is 3. The van der Waals surface area contributed by atoms with Crippen LogP contribution in [-0.4, -0.2) is 23.0 Å². The van der Waals surface area contributed by atoms with Gasteiger partial charge in [-0.15, -0.1) is 11.8 Å². The molecule has 118 valence electrons. The largest absolute Gasteiger partial charge is 0.459 e. The Morgan fingerprint density at radius 1 is 1.22 bits per heavy atom. The number of thioether (sulfide) groups is 1. The van der Waals surface area contributed by atoms with E-state index >= 15 is 0 Å². The van der Waals surface area contributed by atoms with Crippen LogP contribution in [0.4, 0.5) is 5.69 Å². The molecule has 2 heterocycles. The van der Waals surface area contributed by atoms with Gasteiger partial charge < -0.3 is 9.73 Å². The number of hydrogen-bond acceptors (Lipinski definition) is 5. The first kappa shape index (κ1) is 15.2. The molecule has 1 aromatic carbocycles. The van der Waals surface area contributed by atoms with E-state index in [9.17, 15) is 14.4 Å². The van der Waals surface area contributed by atoms with E-state index < -0.39 is 11.8 Å². The molecule has 0 spiro atoms. The summed E-state index contributed by atoms with van der Waals surface area (Å²) in [6, 6.07) is 8.01. The lowest BCUT2D eigenvalue weighted by Gasteiger charge is -2.21. The van der Waals surface area contributed by atoms with Gasteiger partial charge in [-0.2, -0.15) is 0 Å². The molecule has 3 amide bonds. The third-order valence-corrected chi connectivity index (χ3v) is 4.38. The highest BCUT2D eigenvalue weighted by atomic mass is 32.2. The highest BCUT2D eigenvalue weighted by Crippen LogP contribution is 2.35. The molecule has 2 aromatic rings. The molecular formula is C15H13N3O4S. The van der Waals surface area contributed by atoms with Crippen LogP contribution in [-0.2, 0) is 4.79 Å². The van der Waals surface area contributed by atoms with Crippen molar-refractivity contribution >= 4 is 35.2 Å². The van der Waals surface area contributed by atoms with Crippen LogP contribution in [0.2, 0.25) is 0 Å². The predicted octanol–water partition coefficient (Wildman–Crippen LogP) is 1.79. The van der Waals surface area contributed by atoms with Crippen molar-refractivity contribution in [2.45, 2.75) is 17.1 Å². The minimum absolute atomic E-state index is 0.0911. The first-order valence-electron chi connectivity index (χ1n) is 6.80. The number of carbonyl (C=O) groups is 3. The van der Waals surface area contributed by atoms with Gasteiger partial charge in [0.15, 0.2) is 5.76 Å². The summed E-state index contributed by atoms with van der Waals surface area (Å²) >= 11 is 1.43. The number of rotatable bonds is 2. The maximum Gasteiger partial charge on any atom is 0.305 e. The van der Waals surface area contributed by atoms with E-state index in [2.05, 4.69) is 16.2 Å². The van der Waals surface area contributed by atoms with E-state index in [1.54, 1.807) is 24.3 Å². The van der Waals surface area contributed by atoms with Crippen molar-refractivity contribution in [3.8, 4) is 0 Å². The number of carbonyl (C=O) groups excluding carboxylic acids is 3. The van der Waals surface area contributed by atoms with Gasteiger partial charge in [-0.1, -0.05) is 0 Å². The lowest BCUT2D eigenvalue weighted by atomic mass is 10.2. The zero-order chi connectivity index (χ0) is 16.4. The van der Waals surface area contributed by atoms with Gasteiger partial charge in [0.1, 0.15) is 0 Å². The quantitative estimate of drug-likeness (QED) is 0.729. The highest BCUT2D eigenvalue weighted by molar-refractivity contribution is 8.00. The number of nitrogens with one attached hydrogen (secondary N) is 3. The summed E-state index contributed by atoms with van der Waals surface area (Å²) in [4.78, 5) is 36.3. The molecule has 0 saturated carbocycles.